The van der Waals surface area contributed by atoms with Crippen molar-refractivity contribution < 1.29 is 9.53 Å². The molecule has 0 aliphatic carbocycles. The van der Waals surface area contributed by atoms with Crippen molar-refractivity contribution in [1.29, 1.82) is 0 Å². The van der Waals surface area contributed by atoms with Gasteiger partial charge in [0.1, 0.15) is 0 Å². The van der Waals surface area contributed by atoms with E-state index in [2.05, 4.69) is 43.0 Å². The van der Waals surface area contributed by atoms with Gasteiger partial charge in [-0.25, -0.2) is 4.79 Å². The predicted octanol–water partition coefficient (Wildman–Crippen LogP) is 5.21. The van der Waals surface area contributed by atoms with Crippen LogP contribution in [0.3, 0.4) is 0 Å². The largest absolute Gasteiger partial charge is 0.467 e. The fourth-order valence-corrected chi connectivity index (χ4v) is 4.77. The lowest BCUT2D eigenvalue weighted by Gasteiger charge is -2.42. The van der Waals surface area contributed by atoms with Crippen LogP contribution in [-0.4, -0.2) is 30.4 Å². The number of aliphatic imine (C=N–C) groups is 1. The maximum absolute atomic E-state index is 13.3. The Bertz CT molecular complexity index is 995. The van der Waals surface area contributed by atoms with Crippen LogP contribution >= 0.6 is 0 Å². The molecular weight excluding hydrogens is 384 g/mol. The zero-order chi connectivity index (χ0) is 21.8. The first kappa shape index (κ1) is 20.9. The van der Waals surface area contributed by atoms with E-state index in [1.807, 2.05) is 73.1 Å². The Morgan fingerprint density at radius 2 is 1.35 bits per heavy atom. The second kappa shape index (κ2) is 8.76. The fourth-order valence-electron chi connectivity index (χ4n) is 4.77. The third-order valence-corrected chi connectivity index (χ3v) is 6.01. The van der Waals surface area contributed by atoms with Gasteiger partial charge in [-0.1, -0.05) is 105 Å². The summed E-state index contributed by atoms with van der Waals surface area (Å²) in [6.07, 6.45) is 1.85. The summed E-state index contributed by atoms with van der Waals surface area (Å²) in [5.74, 6) is -0.201. The quantitative estimate of drug-likeness (QED) is 0.522. The maximum Gasteiger partial charge on any atom is 0.340 e. The lowest BCUT2D eigenvalue weighted by molar-refractivity contribution is -0.150. The van der Waals surface area contributed by atoms with Gasteiger partial charge in [0, 0.05) is 0 Å². The lowest BCUT2D eigenvalue weighted by Crippen LogP contribution is -2.53. The average molecular weight is 413 g/mol. The molecule has 1 aliphatic rings. The highest BCUT2D eigenvalue weighted by atomic mass is 16.5. The van der Waals surface area contributed by atoms with E-state index >= 15 is 0 Å². The summed E-state index contributed by atoms with van der Waals surface area (Å²) in [5, 5.41) is 0. The molecule has 0 amide bonds. The van der Waals surface area contributed by atoms with Gasteiger partial charge in [-0.05, 0) is 22.6 Å². The number of methoxy groups -OCH3 is 1. The van der Waals surface area contributed by atoms with Gasteiger partial charge in [0.25, 0.3) is 0 Å². The van der Waals surface area contributed by atoms with E-state index in [0.29, 0.717) is 0 Å². The van der Waals surface area contributed by atoms with Crippen LogP contribution in [0.25, 0.3) is 0 Å². The molecule has 4 rings (SSSR count). The predicted molar refractivity (Wildman–Crippen MR) is 124 cm³/mol. The second-order valence-corrected chi connectivity index (χ2v) is 8.23. The Hall–Kier alpha value is -3.40. The minimum absolute atomic E-state index is 0.0752. The molecule has 0 radical (unpaired) electrons. The van der Waals surface area contributed by atoms with Crippen molar-refractivity contribution in [1.82, 2.24) is 4.90 Å². The van der Waals surface area contributed by atoms with E-state index in [1.54, 1.807) is 0 Å². The van der Waals surface area contributed by atoms with Crippen molar-refractivity contribution in [3.63, 3.8) is 0 Å². The Labute approximate surface area is 184 Å². The van der Waals surface area contributed by atoms with E-state index in [4.69, 9.17) is 9.73 Å². The van der Waals surface area contributed by atoms with Gasteiger partial charge in [0.05, 0.1) is 25.5 Å². The van der Waals surface area contributed by atoms with E-state index in [-0.39, 0.29) is 24.0 Å². The minimum Gasteiger partial charge on any atom is -0.467 e. The number of rotatable bonds is 6. The molecule has 0 unspecified atom stereocenters. The molecular formula is C27H28N2O2. The molecule has 4 heteroatoms. The standard InChI is InChI=1S/C27H28N2O2/c1-20(2)25-27(26(30)31-3,23-17-11-6-12-18-23)28-19-29(25)24(21-13-7-4-8-14-21)22-15-9-5-10-16-22/h4-20,24-25H,1-3H3/t25-,27+/m1/s1. The first-order chi connectivity index (χ1) is 15.1. The van der Waals surface area contributed by atoms with Crippen LogP contribution in [0.1, 0.15) is 36.6 Å². The smallest absolute Gasteiger partial charge is 0.340 e. The molecule has 3 aromatic rings. The van der Waals surface area contributed by atoms with Gasteiger partial charge in [-0.2, -0.15) is 0 Å². The lowest BCUT2D eigenvalue weighted by atomic mass is 9.77. The molecule has 31 heavy (non-hydrogen) atoms. The summed E-state index contributed by atoms with van der Waals surface area (Å²) in [7, 11) is 1.44. The zero-order valence-corrected chi connectivity index (χ0v) is 18.2. The van der Waals surface area contributed by atoms with Gasteiger partial charge in [-0.15, -0.1) is 0 Å². The summed E-state index contributed by atoms with van der Waals surface area (Å²) in [6, 6.07) is 30.2. The topological polar surface area (TPSA) is 41.9 Å². The van der Waals surface area contributed by atoms with Crippen molar-refractivity contribution in [2.24, 2.45) is 10.9 Å². The van der Waals surface area contributed by atoms with E-state index in [9.17, 15) is 4.79 Å². The highest BCUT2D eigenvalue weighted by molar-refractivity contribution is 5.88. The number of benzene rings is 3. The summed E-state index contributed by atoms with van der Waals surface area (Å²) in [5.41, 5.74) is 2.03. The summed E-state index contributed by atoms with van der Waals surface area (Å²) >= 11 is 0. The first-order valence-corrected chi connectivity index (χ1v) is 10.7. The van der Waals surface area contributed by atoms with Gasteiger partial charge in [0.15, 0.2) is 0 Å². The van der Waals surface area contributed by atoms with Crippen LogP contribution in [0, 0.1) is 5.92 Å². The van der Waals surface area contributed by atoms with E-state index < -0.39 is 5.54 Å². The number of carbonyl (C=O) groups excluding carboxylic acids is 1. The molecule has 0 saturated heterocycles. The highest BCUT2D eigenvalue weighted by Gasteiger charge is 2.56. The zero-order valence-electron chi connectivity index (χ0n) is 18.2. The van der Waals surface area contributed by atoms with Gasteiger partial charge < -0.3 is 9.64 Å². The van der Waals surface area contributed by atoms with Gasteiger partial charge in [0.2, 0.25) is 5.54 Å². The first-order valence-electron chi connectivity index (χ1n) is 10.7. The molecule has 2 atom stereocenters. The van der Waals surface area contributed by atoms with Crippen LogP contribution in [-0.2, 0) is 15.1 Å². The highest BCUT2D eigenvalue weighted by Crippen LogP contribution is 2.45. The normalized spacial score (nSPS) is 20.4. The Balaban J connectivity index is 1.90. The number of nitrogens with zero attached hydrogens (tertiary/aromatic N) is 2. The van der Waals surface area contributed by atoms with Crippen molar-refractivity contribution >= 4 is 12.3 Å². The van der Waals surface area contributed by atoms with Gasteiger partial charge >= 0.3 is 5.97 Å². The van der Waals surface area contributed by atoms with Crippen LogP contribution in [0.2, 0.25) is 0 Å². The minimum atomic E-state index is -1.12. The van der Waals surface area contributed by atoms with Crippen molar-refractivity contribution in [2.45, 2.75) is 31.5 Å². The molecule has 0 bridgehead atoms. The third kappa shape index (κ3) is 3.63. The third-order valence-electron chi connectivity index (χ3n) is 6.01. The molecule has 0 spiro atoms. The van der Waals surface area contributed by atoms with Crippen molar-refractivity contribution in [3.8, 4) is 0 Å². The van der Waals surface area contributed by atoms with Crippen LogP contribution in [0.4, 0.5) is 0 Å². The Kier molecular flexibility index (Phi) is 5.90. The molecule has 1 heterocycles. The van der Waals surface area contributed by atoms with Crippen LogP contribution < -0.4 is 0 Å². The summed E-state index contributed by atoms with van der Waals surface area (Å²) in [6.45, 7) is 4.28. The summed E-state index contributed by atoms with van der Waals surface area (Å²) < 4.78 is 5.33. The van der Waals surface area contributed by atoms with Crippen LogP contribution in [0.15, 0.2) is 96.0 Å². The number of hydrogen-bond donors (Lipinski definition) is 0. The molecule has 0 N–H and O–H groups in total. The molecule has 158 valence electrons. The molecule has 0 saturated carbocycles. The SMILES string of the molecule is COC(=O)[C@@]1(c2ccccc2)N=CN(C(c2ccccc2)c2ccccc2)[C@@H]1C(C)C. The maximum atomic E-state index is 13.3. The molecule has 0 aromatic heterocycles. The molecule has 3 aromatic carbocycles. The molecule has 1 aliphatic heterocycles. The number of ether oxygens (including phenoxy) is 1. The van der Waals surface area contributed by atoms with E-state index in [1.165, 1.54) is 7.11 Å². The fraction of sp³-hybridized carbons (Fsp3) is 0.259. The Morgan fingerprint density at radius 1 is 0.871 bits per heavy atom. The summed E-state index contributed by atoms with van der Waals surface area (Å²) in [4.78, 5) is 20.5. The van der Waals surface area contributed by atoms with Gasteiger partial charge in [-0.3, -0.25) is 4.99 Å². The molecule has 4 nitrogen and oxygen atoms in total. The van der Waals surface area contributed by atoms with Crippen molar-refractivity contribution in [2.75, 3.05) is 7.11 Å². The van der Waals surface area contributed by atoms with Crippen molar-refractivity contribution in [3.05, 3.63) is 108 Å². The van der Waals surface area contributed by atoms with E-state index in [0.717, 1.165) is 16.7 Å². The molecule has 0 fully saturated rings. The average Bonchev–Trinajstić information content (AvgIpc) is 3.22. The number of carbonyl (C=O) groups is 1. The Morgan fingerprint density at radius 3 is 1.81 bits per heavy atom. The monoisotopic (exact) mass is 412 g/mol. The number of hydrogen-bond acceptors (Lipinski definition) is 4. The van der Waals surface area contributed by atoms with Crippen LogP contribution in [0.5, 0.6) is 0 Å². The number of esters is 1. The second-order valence-electron chi connectivity index (χ2n) is 8.23.